The first-order valence-electron chi connectivity index (χ1n) is 10.1. The average molecular weight is 402 g/mol. The summed E-state index contributed by atoms with van der Waals surface area (Å²) in [6, 6.07) is 23.8. The number of carbonyl (C=O) groups excluding carboxylic acids is 2. The summed E-state index contributed by atoms with van der Waals surface area (Å²) in [5.41, 5.74) is 5.91. The minimum absolute atomic E-state index is 0.129. The van der Waals surface area contributed by atoms with Gasteiger partial charge in [-0.2, -0.15) is 0 Å². The van der Waals surface area contributed by atoms with Gasteiger partial charge in [0.25, 0.3) is 5.91 Å². The molecule has 0 aliphatic heterocycles. The van der Waals surface area contributed by atoms with E-state index in [4.69, 9.17) is 4.74 Å². The Morgan fingerprint density at radius 1 is 0.867 bits per heavy atom. The molecule has 0 spiro atoms. The fraction of sp³-hybridized carbons (Fsp3) is 0.231. The predicted octanol–water partition coefficient (Wildman–Crippen LogP) is 5.51. The summed E-state index contributed by atoms with van der Waals surface area (Å²) in [6.45, 7) is 5.81. The number of amides is 1. The van der Waals surface area contributed by atoms with E-state index in [0.29, 0.717) is 0 Å². The SMILES string of the molecule is Cc1cccc(C(C)C)c1NC(=O)COC(=O)Cc1ccc(-c2ccccc2)cc1. The number of aryl methyl sites for hydroxylation is 1. The smallest absolute Gasteiger partial charge is 0.310 e. The van der Waals surface area contributed by atoms with Crippen LogP contribution in [0.3, 0.4) is 0 Å². The molecule has 0 aromatic heterocycles. The summed E-state index contributed by atoms with van der Waals surface area (Å²) in [5, 5.41) is 2.89. The molecule has 0 atom stereocenters. The van der Waals surface area contributed by atoms with Crippen molar-refractivity contribution in [1.29, 1.82) is 0 Å². The molecule has 0 unspecified atom stereocenters. The fourth-order valence-corrected chi connectivity index (χ4v) is 3.33. The number of anilines is 1. The molecule has 0 radical (unpaired) electrons. The Morgan fingerprint density at radius 3 is 2.20 bits per heavy atom. The number of rotatable bonds is 7. The molecule has 4 heteroatoms. The molecule has 1 N–H and O–H groups in total. The maximum atomic E-state index is 12.3. The van der Waals surface area contributed by atoms with E-state index in [9.17, 15) is 9.59 Å². The lowest BCUT2D eigenvalue weighted by Gasteiger charge is -2.16. The summed E-state index contributed by atoms with van der Waals surface area (Å²) in [4.78, 5) is 24.5. The van der Waals surface area contributed by atoms with Crippen LogP contribution in [-0.2, 0) is 20.7 Å². The number of hydrogen-bond acceptors (Lipinski definition) is 3. The van der Waals surface area contributed by atoms with Crippen LogP contribution < -0.4 is 5.32 Å². The van der Waals surface area contributed by atoms with Crippen molar-refractivity contribution in [3.63, 3.8) is 0 Å². The monoisotopic (exact) mass is 401 g/mol. The van der Waals surface area contributed by atoms with Crippen molar-refractivity contribution in [1.82, 2.24) is 0 Å². The third-order valence-corrected chi connectivity index (χ3v) is 4.97. The highest BCUT2D eigenvalue weighted by molar-refractivity contribution is 5.94. The van der Waals surface area contributed by atoms with Gasteiger partial charge in [0.2, 0.25) is 0 Å². The van der Waals surface area contributed by atoms with Crippen LogP contribution in [0, 0.1) is 6.92 Å². The van der Waals surface area contributed by atoms with Gasteiger partial charge in [-0.25, -0.2) is 0 Å². The van der Waals surface area contributed by atoms with Gasteiger partial charge in [0, 0.05) is 5.69 Å². The van der Waals surface area contributed by atoms with Crippen molar-refractivity contribution < 1.29 is 14.3 Å². The molecular formula is C26H27NO3. The summed E-state index contributed by atoms with van der Waals surface area (Å²) < 4.78 is 5.18. The van der Waals surface area contributed by atoms with Crippen LogP contribution >= 0.6 is 0 Å². The highest BCUT2D eigenvalue weighted by Crippen LogP contribution is 2.27. The molecule has 0 bridgehead atoms. The molecule has 0 aliphatic carbocycles. The number of esters is 1. The lowest BCUT2D eigenvalue weighted by molar-refractivity contribution is -0.146. The Kier molecular flexibility index (Phi) is 7.02. The molecule has 30 heavy (non-hydrogen) atoms. The van der Waals surface area contributed by atoms with Crippen LogP contribution in [0.2, 0.25) is 0 Å². The molecule has 0 saturated carbocycles. The molecule has 0 saturated heterocycles. The minimum Gasteiger partial charge on any atom is -0.455 e. The molecule has 0 aliphatic rings. The van der Waals surface area contributed by atoms with Gasteiger partial charge in [-0.05, 0) is 40.7 Å². The molecule has 3 aromatic rings. The summed E-state index contributed by atoms with van der Waals surface area (Å²) in [6.07, 6.45) is 0.129. The zero-order valence-corrected chi connectivity index (χ0v) is 17.6. The lowest BCUT2D eigenvalue weighted by Crippen LogP contribution is -2.22. The van der Waals surface area contributed by atoms with Crippen molar-refractivity contribution in [2.45, 2.75) is 33.1 Å². The zero-order chi connectivity index (χ0) is 21.5. The summed E-state index contributed by atoms with van der Waals surface area (Å²) in [5.74, 6) is -0.480. The Bertz CT molecular complexity index is 1010. The Hall–Kier alpha value is -3.40. The molecule has 154 valence electrons. The van der Waals surface area contributed by atoms with Crippen molar-refractivity contribution in [3.8, 4) is 11.1 Å². The number of para-hydroxylation sites is 1. The first-order chi connectivity index (χ1) is 14.4. The fourth-order valence-electron chi connectivity index (χ4n) is 3.33. The van der Waals surface area contributed by atoms with Crippen LogP contribution in [-0.4, -0.2) is 18.5 Å². The predicted molar refractivity (Wildman–Crippen MR) is 120 cm³/mol. The molecule has 0 heterocycles. The van der Waals surface area contributed by atoms with Crippen LogP contribution in [0.1, 0.15) is 36.5 Å². The quantitative estimate of drug-likeness (QED) is 0.531. The van der Waals surface area contributed by atoms with E-state index < -0.39 is 5.97 Å². The van der Waals surface area contributed by atoms with Gasteiger partial charge in [-0.1, -0.05) is 86.6 Å². The van der Waals surface area contributed by atoms with Crippen molar-refractivity contribution in [2.75, 3.05) is 11.9 Å². The normalized spacial score (nSPS) is 10.7. The van der Waals surface area contributed by atoms with Gasteiger partial charge < -0.3 is 10.1 Å². The Labute approximate surface area is 177 Å². The van der Waals surface area contributed by atoms with Gasteiger partial charge in [0.15, 0.2) is 6.61 Å². The largest absolute Gasteiger partial charge is 0.455 e. The van der Waals surface area contributed by atoms with Crippen LogP contribution in [0.15, 0.2) is 72.8 Å². The van der Waals surface area contributed by atoms with E-state index >= 15 is 0 Å². The molecular weight excluding hydrogens is 374 g/mol. The Morgan fingerprint density at radius 2 is 1.53 bits per heavy atom. The summed E-state index contributed by atoms with van der Waals surface area (Å²) >= 11 is 0. The highest BCUT2D eigenvalue weighted by Gasteiger charge is 2.14. The third-order valence-electron chi connectivity index (χ3n) is 4.97. The standard InChI is InChI=1S/C26H27NO3/c1-18(2)23-11-7-8-19(3)26(23)27-24(28)17-30-25(29)16-20-12-14-22(15-13-20)21-9-5-4-6-10-21/h4-15,18H,16-17H2,1-3H3,(H,27,28). The number of ether oxygens (including phenoxy) is 1. The molecule has 0 fully saturated rings. The Balaban J connectivity index is 1.53. The topological polar surface area (TPSA) is 55.4 Å². The van der Waals surface area contributed by atoms with Crippen molar-refractivity contribution in [3.05, 3.63) is 89.5 Å². The van der Waals surface area contributed by atoms with E-state index in [0.717, 1.165) is 33.5 Å². The molecule has 3 rings (SSSR count). The number of benzene rings is 3. The molecule has 1 amide bonds. The van der Waals surface area contributed by atoms with Gasteiger partial charge >= 0.3 is 5.97 Å². The second-order valence-electron chi connectivity index (χ2n) is 7.64. The van der Waals surface area contributed by atoms with Crippen LogP contribution in [0.25, 0.3) is 11.1 Å². The van der Waals surface area contributed by atoms with E-state index in [-0.39, 0.29) is 24.9 Å². The second-order valence-corrected chi connectivity index (χ2v) is 7.64. The first-order valence-corrected chi connectivity index (χ1v) is 10.1. The van der Waals surface area contributed by atoms with Gasteiger partial charge in [0.1, 0.15) is 0 Å². The number of nitrogens with one attached hydrogen (secondary N) is 1. The van der Waals surface area contributed by atoms with Gasteiger partial charge in [0.05, 0.1) is 6.42 Å². The average Bonchev–Trinajstić information content (AvgIpc) is 2.75. The van der Waals surface area contributed by atoms with Gasteiger partial charge in [-0.3, -0.25) is 9.59 Å². The number of carbonyl (C=O) groups is 2. The highest BCUT2D eigenvalue weighted by atomic mass is 16.5. The third kappa shape index (κ3) is 5.57. The van der Waals surface area contributed by atoms with Crippen LogP contribution in [0.5, 0.6) is 0 Å². The number of hydrogen-bond donors (Lipinski definition) is 1. The van der Waals surface area contributed by atoms with Crippen molar-refractivity contribution in [2.24, 2.45) is 0 Å². The first kappa shape index (κ1) is 21.3. The minimum atomic E-state index is -0.425. The van der Waals surface area contributed by atoms with E-state index in [1.54, 1.807) is 0 Å². The lowest BCUT2D eigenvalue weighted by atomic mass is 9.98. The van der Waals surface area contributed by atoms with Crippen molar-refractivity contribution >= 4 is 17.6 Å². The van der Waals surface area contributed by atoms with Crippen LogP contribution in [0.4, 0.5) is 5.69 Å². The van der Waals surface area contributed by atoms with E-state index in [1.165, 1.54) is 0 Å². The molecule has 4 nitrogen and oxygen atoms in total. The zero-order valence-electron chi connectivity index (χ0n) is 17.6. The second kappa shape index (κ2) is 9.88. The van der Waals surface area contributed by atoms with E-state index in [2.05, 4.69) is 19.2 Å². The molecule has 3 aromatic carbocycles. The van der Waals surface area contributed by atoms with E-state index in [1.807, 2.05) is 79.7 Å². The maximum Gasteiger partial charge on any atom is 0.310 e. The maximum absolute atomic E-state index is 12.3. The van der Waals surface area contributed by atoms with Gasteiger partial charge in [-0.15, -0.1) is 0 Å². The summed E-state index contributed by atoms with van der Waals surface area (Å²) in [7, 11) is 0.